The summed E-state index contributed by atoms with van der Waals surface area (Å²) in [5.41, 5.74) is 10.9. The second kappa shape index (κ2) is 11.1. The van der Waals surface area contributed by atoms with Crippen molar-refractivity contribution in [3.8, 4) is 0 Å². The molecule has 0 fully saturated rings. The van der Waals surface area contributed by atoms with E-state index in [4.69, 9.17) is 17.3 Å². The number of nitrogens with one attached hydrogen (secondary N) is 1. The van der Waals surface area contributed by atoms with E-state index in [9.17, 15) is 9.59 Å². The van der Waals surface area contributed by atoms with Crippen LogP contribution in [0.2, 0.25) is 5.02 Å². The van der Waals surface area contributed by atoms with Gasteiger partial charge < -0.3 is 11.1 Å². The minimum Gasteiger partial charge on any atom is -0.366 e. The first-order valence-electron chi connectivity index (χ1n) is 10.8. The number of amides is 2. The summed E-state index contributed by atoms with van der Waals surface area (Å²) < 4.78 is 0. The van der Waals surface area contributed by atoms with E-state index in [1.54, 1.807) is 6.07 Å². The Morgan fingerprint density at radius 3 is 2.53 bits per heavy atom. The topological polar surface area (TPSA) is 72.2 Å². The Morgan fingerprint density at radius 2 is 1.88 bits per heavy atom. The van der Waals surface area contributed by atoms with Gasteiger partial charge in [0.2, 0.25) is 5.91 Å². The molecule has 0 saturated heterocycles. The summed E-state index contributed by atoms with van der Waals surface area (Å²) in [4.78, 5) is 23.9. The van der Waals surface area contributed by atoms with E-state index in [1.807, 2.05) is 25.2 Å². The maximum atomic E-state index is 12.3. The summed E-state index contributed by atoms with van der Waals surface area (Å²) in [6, 6.07) is 4.54. The van der Waals surface area contributed by atoms with Crippen LogP contribution >= 0.6 is 11.6 Å². The third-order valence-corrected chi connectivity index (χ3v) is 5.87. The average Bonchev–Trinajstić information content (AvgIpc) is 2.66. The van der Waals surface area contributed by atoms with Crippen LogP contribution in [0.15, 0.2) is 76.9 Å². The molecule has 1 aromatic rings. The fraction of sp³-hybridized carbons (Fsp3) is 0.333. The summed E-state index contributed by atoms with van der Waals surface area (Å²) in [6.07, 6.45) is 15.3. The first kappa shape index (κ1) is 25.4. The van der Waals surface area contributed by atoms with Gasteiger partial charge in [-0.2, -0.15) is 0 Å². The van der Waals surface area contributed by atoms with Gasteiger partial charge in [-0.15, -0.1) is 0 Å². The fourth-order valence-corrected chi connectivity index (χ4v) is 4.06. The lowest BCUT2D eigenvalue weighted by Gasteiger charge is -2.32. The van der Waals surface area contributed by atoms with Gasteiger partial charge in [-0.1, -0.05) is 67.0 Å². The van der Waals surface area contributed by atoms with Crippen LogP contribution in [-0.4, -0.2) is 11.8 Å². The number of anilines is 1. The largest absolute Gasteiger partial charge is 0.366 e. The van der Waals surface area contributed by atoms with Gasteiger partial charge in [-0.3, -0.25) is 9.59 Å². The molecule has 0 radical (unpaired) electrons. The number of benzene rings is 1. The van der Waals surface area contributed by atoms with Crippen molar-refractivity contribution in [3.63, 3.8) is 0 Å². The average molecular weight is 453 g/mol. The Labute approximate surface area is 196 Å². The monoisotopic (exact) mass is 452 g/mol. The highest BCUT2D eigenvalue weighted by atomic mass is 35.5. The fourth-order valence-electron chi connectivity index (χ4n) is 3.89. The summed E-state index contributed by atoms with van der Waals surface area (Å²) in [5.74, 6) is -0.992. The van der Waals surface area contributed by atoms with Crippen LogP contribution < -0.4 is 11.1 Å². The molecule has 1 aliphatic rings. The highest BCUT2D eigenvalue weighted by molar-refractivity contribution is 6.31. The molecule has 5 heteroatoms. The van der Waals surface area contributed by atoms with Crippen molar-refractivity contribution in [3.05, 3.63) is 87.5 Å². The molecule has 2 rings (SSSR count). The molecule has 3 N–H and O–H groups in total. The van der Waals surface area contributed by atoms with E-state index in [2.05, 4.69) is 45.2 Å². The lowest BCUT2D eigenvalue weighted by atomic mass is 9.72. The van der Waals surface area contributed by atoms with Crippen LogP contribution in [0, 0.1) is 5.41 Å². The number of hydrogen-bond acceptors (Lipinski definition) is 2. The van der Waals surface area contributed by atoms with Crippen LogP contribution in [0.25, 0.3) is 0 Å². The molecule has 0 bridgehead atoms. The SMILES string of the molecule is CC1=C(/C=C/C(C)=C/C=C/C(C)=C/C(=O)Nc2cc(Cl)ccc2C(N)=O)C(C)(C)CCC1. The van der Waals surface area contributed by atoms with E-state index in [-0.39, 0.29) is 16.9 Å². The molecule has 0 aliphatic heterocycles. The number of carbonyl (C=O) groups is 2. The molecule has 1 aliphatic carbocycles. The zero-order chi connectivity index (χ0) is 23.9. The first-order chi connectivity index (χ1) is 15.0. The molecule has 0 atom stereocenters. The Kier molecular flexibility index (Phi) is 8.85. The summed E-state index contributed by atoms with van der Waals surface area (Å²) in [7, 11) is 0. The number of nitrogens with two attached hydrogens (primary N) is 1. The van der Waals surface area contributed by atoms with E-state index < -0.39 is 5.91 Å². The Morgan fingerprint density at radius 1 is 1.16 bits per heavy atom. The molecule has 0 unspecified atom stereocenters. The van der Waals surface area contributed by atoms with Crippen molar-refractivity contribution < 1.29 is 9.59 Å². The standard InChI is InChI=1S/C27H33ClN2O2/c1-18(11-14-23-20(3)10-7-15-27(23,4)5)8-6-9-19(2)16-25(31)30-24-17-21(28)12-13-22(24)26(29)32/h6,8-9,11-14,16-17H,7,10,15H2,1-5H3,(H2,29,32)(H,30,31)/b9-6+,14-11+,18-8+,19-16+. The van der Waals surface area contributed by atoms with Crippen molar-refractivity contribution in [1.82, 2.24) is 0 Å². The normalized spacial score (nSPS) is 17.3. The molecule has 0 spiro atoms. The number of allylic oxidation sites excluding steroid dienone is 9. The predicted octanol–water partition coefficient (Wildman–Crippen LogP) is 6.91. The number of halogens is 1. The van der Waals surface area contributed by atoms with E-state index >= 15 is 0 Å². The van der Waals surface area contributed by atoms with Crippen molar-refractivity contribution >= 4 is 29.1 Å². The summed E-state index contributed by atoms with van der Waals surface area (Å²) >= 11 is 5.96. The van der Waals surface area contributed by atoms with Crippen LogP contribution in [0.4, 0.5) is 5.69 Å². The van der Waals surface area contributed by atoms with Crippen LogP contribution in [-0.2, 0) is 4.79 Å². The van der Waals surface area contributed by atoms with E-state index in [1.165, 1.54) is 48.6 Å². The lowest BCUT2D eigenvalue weighted by molar-refractivity contribution is -0.111. The van der Waals surface area contributed by atoms with Crippen LogP contribution in [0.3, 0.4) is 0 Å². The van der Waals surface area contributed by atoms with Gasteiger partial charge in [0.25, 0.3) is 5.91 Å². The third kappa shape index (κ3) is 7.38. The smallest absolute Gasteiger partial charge is 0.250 e. The van der Waals surface area contributed by atoms with E-state index in [0.717, 1.165) is 11.1 Å². The highest BCUT2D eigenvalue weighted by Crippen LogP contribution is 2.40. The van der Waals surface area contributed by atoms with Gasteiger partial charge >= 0.3 is 0 Å². The van der Waals surface area contributed by atoms with Gasteiger partial charge in [0.05, 0.1) is 11.3 Å². The second-order valence-electron chi connectivity index (χ2n) is 8.97. The Hall–Kier alpha value is -2.85. The van der Waals surface area contributed by atoms with Crippen molar-refractivity contribution in [2.75, 3.05) is 5.32 Å². The van der Waals surface area contributed by atoms with Crippen molar-refractivity contribution in [2.45, 2.75) is 53.9 Å². The third-order valence-electron chi connectivity index (χ3n) is 5.64. The van der Waals surface area contributed by atoms with Gasteiger partial charge in [0.15, 0.2) is 0 Å². The maximum absolute atomic E-state index is 12.3. The number of carbonyl (C=O) groups excluding carboxylic acids is 2. The number of primary amides is 1. The van der Waals surface area contributed by atoms with Crippen LogP contribution in [0.5, 0.6) is 0 Å². The highest BCUT2D eigenvalue weighted by Gasteiger charge is 2.26. The molecule has 170 valence electrons. The van der Waals surface area contributed by atoms with Crippen molar-refractivity contribution in [2.24, 2.45) is 11.1 Å². The molecule has 0 heterocycles. The van der Waals surface area contributed by atoms with Gasteiger partial charge in [0.1, 0.15) is 0 Å². The number of rotatable bonds is 7. The van der Waals surface area contributed by atoms with Gasteiger partial charge in [0, 0.05) is 11.1 Å². The molecular weight excluding hydrogens is 420 g/mol. The van der Waals surface area contributed by atoms with Gasteiger partial charge in [-0.05, 0) is 74.8 Å². The van der Waals surface area contributed by atoms with Gasteiger partial charge in [-0.25, -0.2) is 0 Å². The maximum Gasteiger partial charge on any atom is 0.250 e. The summed E-state index contributed by atoms with van der Waals surface area (Å²) in [6.45, 7) is 10.7. The summed E-state index contributed by atoms with van der Waals surface area (Å²) in [5, 5.41) is 3.07. The first-order valence-corrected chi connectivity index (χ1v) is 11.2. The predicted molar refractivity (Wildman–Crippen MR) is 135 cm³/mol. The molecule has 32 heavy (non-hydrogen) atoms. The van der Waals surface area contributed by atoms with Crippen molar-refractivity contribution in [1.29, 1.82) is 0 Å². The molecule has 0 aromatic heterocycles. The molecule has 0 saturated carbocycles. The quantitative estimate of drug-likeness (QED) is 0.348. The zero-order valence-corrected chi connectivity index (χ0v) is 20.3. The minimum absolute atomic E-state index is 0.209. The number of hydrogen-bond donors (Lipinski definition) is 2. The molecule has 1 aromatic carbocycles. The zero-order valence-electron chi connectivity index (χ0n) is 19.6. The Bertz CT molecular complexity index is 1040. The Balaban J connectivity index is 2.04. The molecule has 2 amide bonds. The minimum atomic E-state index is -0.631. The van der Waals surface area contributed by atoms with Crippen LogP contribution in [0.1, 0.15) is 64.2 Å². The molecular formula is C27H33ClN2O2. The second-order valence-corrected chi connectivity index (χ2v) is 9.40. The lowest BCUT2D eigenvalue weighted by Crippen LogP contribution is -2.19. The molecule has 4 nitrogen and oxygen atoms in total. The van der Waals surface area contributed by atoms with E-state index in [0.29, 0.717) is 10.7 Å².